The molecule has 1 aromatic heterocycles. The fourth-order valence-corrected chi connectivity index (χ4v) is 5.32. The van der Waals surface area contributed by atoms with E-state index in [1.54, 1.807) is 13.0 Å². The van der Waals surface area contributed by atoms with Gasteiger partial charge in [-0.15, -0.1) is 11.3 Å². The lowest BCUT2D eigenvalue weighted by molar-refractivity contribution is 0.0656. The number of piperazine rings is 1. The zero-order chi connectivity index (χ0) is 18.0. The summed E-state index contributed by atoms with van der Waals surface area (Å²) in [5, 5.41) is 3.28. The second-order valence-electron chi connectivity index (χ2n) is 6.15. The fourth-order valence-electron chi connectivity index (χ4n) is 2.90. The predicted octanol–water partition coefficient (Wildman–Crippen LogP) is 2.64. The summed E-state index contributed by atoms with van der Waals surface area (Å²) in [7, 11) is -3.20. The molecule has 134 valence electrons. The van der Waals surface area contributed by atoms with Gasteiger partial charge in [0.2, 0.25) is 0 Å². The third kappa shape index (κ3) is 3.78. The molecule has 2 heterocycles. The minimum Gasteiger partial charge on any atom is -0.333 e. The third-order valence-electron chi connectivity index (χ3n) is 4.42. The van der Waals surface area contributed by atoms with Crippen molar-refractivity contribution in [3.8, 4) is 10.4 Å². The van der Waals surface area contributed by atoms with Gasteiger partial charge < -0.3 is 10.2 Å². The first kappa shape index (κ1) is 18.1. The molecular weight excluding hydrogens is 356 g/mol. The normalized spacial score (nSPS) is 18.3. The Labute approximate surface area is 152 Å². The van der Waals surface area contributed by atoms with Crippen LogP contribution in [-0.4, -0.2) is 50.7 Å². The van der Waals surface area contributed by atoms with E-state index in [1.807, 2.05) is 42.2 Å². The zero-order valence-corrected chi connectivity index (χ0v) is 16.0. The van der Waals surface area contributed by atoms with Crippen LogP contribution in [0, 0.1) is 0 Å². The summed E-state index contributed by atoms with van der Waals surface area (Å²) in [6.45, 7) is 5.98. The maximum absolute atomic E-state index is 12.8. The summed E-state index contributed by atoms with van der Waals surface area (Å²) in [5.41, 5.74) is 1.51. The zero-order valence-electron chi connectivity index (χ0n) is 14.4. The molecule has 2 aromatic rings. The van der Waals surface area contributed by atoms with Gasteiger partial charge in [-0.1, -0.05) is 19.1 Å². The second kappa shape index (κ2) is 7.27. The number of carbonyl (C=O) groups is 1. The van der Waals surface area contributed by atoms with Crippen molar-refractivity contribution in [2.24, 2.45) is 0 Å². The fraction of sp³-hybridized carbons (Fsp3) is 0.389. The smallest absolute Gasteiger partial charge is 0.254 e. The Morgan fingerprint density at radius 2 is 2.12 bits per heavy atom. The number of sulfone groups is 1. The van der Waals surface area contributed by atoms with E-state index in [2.05, 4.69) is 5.32 Å². The van der Waals surface area contributed by atoms with E-state index in [0.717, 1.165) is 23.5 Å². The van der Waals surface area contributed by atoms with Crippen molar-refractivity contribution in [3.05, 3.63) is 42.0 Å². The summed E-state index contributed by atoms with van der Waals surface area (Å²) in [4.78, 5) is 15.6. The van der Waals surface area contributed by atoms with Gasteiger partial charge in [0.15, 0.2) is 9.84 Å². The van der Waals surface area contributed by atoms with E-state index in [-0.39, 0.29) is 17.7 Å². The van der Waals surface area contributed by atoms with Crippen LogP contribution < -0.4 is 5.32 Å². The maximum Gasteiger partial charge on any atom is 0.254 e. The van der Waals surface area contributed by atoms with Gasteiger partial charge in [0.25, 0.3) is 5.91 Å². The molecule has 1 unspecified atom stereocenters. The average molecular weight is 379 g/mol. The molecule has 1 aliphatic rings. The Morgan fingerprint density at radius 1 is 1.32 bits per heavy atom. The van der Waals surface area contributed by atoms with Crippen molar-refractivity contribution in [1.82, 2.24) is 10.2 Å². The van der Waals surface area contributed by atoms with Gasteiger partial charge in [-0.2, -0.15) is 0 Å². The van der Waals surface area contributed by atoms with Crippen LogP contribution in [0.3, 0.4) is 0 Å². The molecule has 25 heavy (non-hydrogen) atoms. The number of rotatable bonds is 4. The lowest BCUT2D eigenvalue weighted by atomic mass is 10.1. The number of amides is 1. The van der Waals surface area contributed by atoms with Crippen molar-refractivity contribution in [2.75, 3.05) is 25.4 Å². The van der Waals surface area contributed by atoms with Crippen LogP contribution in [0.1, 0.15) is 24.2 Å². The first-order chi connectivity index (χ1) is 11.9. The second-order valence-corrected chi connectivity index (χ2v) is 9.74. The molecule has 0 bridgehead atoms. The molecule has 1 aromatic carbocycles. The number of carbonyl (C=O) groups excluding carboxylic acids is 1. The quantitative estimate of drug-likeness (QED) is 0.888. The van der Waals surface area contributed by atoms with Crippen LogP contribution in [0.2, 0.25) is 0 Å². The van der Waals surface area contributed by atoms with Crippen molar-refractivity contribution in [1.29, 1.82) is 0 Å². The summed E-state index contributed by atoms with van der Waals surface area (Å²) in [6, 6.07) is 11.0. The van der Waals surface area contributed by atoms with Crippen LogP contribution >= 0.6 is 11.3 Å². The maximum atomic E-state index is 12.8. The van der Waals surface area contributed by atoms with Crippen molar-refractivity contribution in [3.63, 3.8) is 0 Å². The molecule has 1 amide bonds. The molecule has 0 aliphatic carbocycles. The molecule has 1 atom stereocenters. The van der Waals surface area contributed by atoms with E-state index in [9.17, 15) is 13.2 Å². The molecule has 1 aliphatic heterocycles. The van der Waals surface area contributed by atoms with Gasteiger partial charge in [-0.05, 0) is 36.8 Å². The standard InChI is InChI=1S/C18H22N2O3S2/c1-3-25(22,23)17-8-7-16(24-17)14-5-4-6-15(11-14)18(21)20-10-9-19-12-13(20)2/h4-8,11,13,19H,3,9-10,12H2,1-2H3. The Hall–Kier alpha value is -1.70. The van der Waals surface area contributed by atoms with Gasteiger partial charge in [0, 0.05) is 36.1 Å². The van der Waals surface area contributed by atoms with Gasteiger partial charge in [-0.3, -0.25) is 4.79 Å². The Balaban J connectivity index is 1.88. The third-order valence-corrected chi connectivity index (χ3v) is 7.87. The minimum absolute atomic E-state index is 0.0220. The molecule has 3 rings (SSSR count). The first-order valence-corrected chi connectivity index (χ1v) is 10.8. The summed E-state index contributed by atoms with van der Waals surface area (Å²) in [5.74, 6) is 0.112. The van der Waals surface area contributed by atoms with Crippen molar-refractivity contribution < 1.29 is 13.2 Å². The monoisotopic (exact) mass is 378 g/mol. The lowest BCUT2D eigenvalue weighted by Crippen LogP contribution is -2.52. The molecular formula is C18H22N2O3S2. The largest absolute Gasteiger partial charge is 0.333 e. The summed E-state index contributed by atoms with van der Waals surface area (Å²) >= 11 is 1.25. The van der Waals surface area contributed by atoms with Crippen LogP contribution in [0.5, 0.6) is 0 Å². The highest BCUT2D eigenvalue weighted by molar-refractivity contribution is 7.93. The predicted molar refractivity (Wildman–Crippen MR) is 101 cm³/mol. The SMILES string of the molecule is CCS(=O)(=O)c1ccc(-c2cccc(C(=O)N3CCNCC3C)c2)s1. The molecule has 1 N–H and O–H groups in total. The molecule has 0 spiro atoms. The number of hydrogen-bond donors (Lipinski definition) is 1. The minimum atomic E-state index is -3.20. The Kier molecular flexibility index (Phi) is 5.27. The van der Waals surface area contributed by atoms with Crippen molar-refractivity contribution in [2.45, 2.75) is 24.1 Å². The highest BCUT2D eigenvalue weighted by Gasteiger charge is 2.24. The number of hydrogen-bond acceptors (Lipinski definition) is 5. The lowest BCUT2D eigenvalue weighted by Gasteiger charge is -2.34. The average Bonchev–Trinajstić information content (AvgIpc) is 3.13. The first-order valence-electron chi connectivity index (χ1n) is 8.37. The van der Waals surface area contributed by atoms with E-state index in [0.29, 0.717) is 16.3 Å². The molecule has 0 saturated carbocycles. The topological polar surface area (TPSA) is 66.5 Å². The van der Waals surface area contributed by atoms with Gasteiger partial charge in [-0.25, -0.2) is 8.42 Å². The van der Waals surface area contributed by atoms with E-state index in [4.69, 9.17) is 0 Å². The highest BCUT2D eigenvalue weighted by atomic mass is 32.2. The summed E-state index contributed by atoms with van der Waals surface area (Å²) in [6.07, 6.45) is 0. The number of nitrogens with one attached hydrogen (secondary N) is 1. The molecule has 1 saturated heterocycles. The van der Waals surface area contributed by atoms with E-state index in [1.165, 1.54) is 11.3 Å². The number of nitrogens with zero attached hydrogens (tertiary/aromatic N) is 1. The Bertz CT molecular complexity index is 874. The van der Waals surface area contributed by atoms with E-state index < -0.39 is 9.84 Å². The molecule has 7 heteroatoms. The number of thiophene rings is 1. The van der Waals surface area contributed by atoms with Gasteiger partial charge in [0.1, 0.15) is 4.21 Å². The van der Waals surface area contributed by atoms with Crippen LogP contribution in [0.4, 0.5) is 0 Å². The van der Waals surface area contributed by atoms with Crippen molar-refractivity contribution >= 4 is 27.1 Å². The van der Waals surface area contributed by atoms with E-state index >= 15 is 0 Å². The van der Waals surface area contributed by atoms with Crippen LogP contribution in [0.15, 0.2) is 40.6 Å². The summed E-state index contributed by atoms with van der Waals surface area (Å²) < 4.78 is 24.4. The number of benzene rings is 1. The van der Waals surface area contributed by atoms with Gasteiger partial charge >= 0.3 is 0 Å². The molecule has 1 fully saturated rings. The molecule has 5 nitrogen and oxygen atoms in total. The highest BCUT2D eigenvalue weighted by Crippen LogP contribution is 2.32. The van der Waals surface area contributed by atoms with Crippen LogP contribution in [-0.2, 0) is 9.84 Å². The Morgan fingerprint density at radius 3 is 2.84 bits per heavy atom. The molecule has 0 radical (unpaired) electrons. The van der Waals surface area contributed by atoms with Crippen LogP contribution in [0.25, 0.3) is 10.4 Å². The van der Waals surface area contributed by atoms with Gasteiger partial charge in [0.05, 0.1) is 5.75 Å².